The van der Waals surface area contributed by atoms with Crippen molar-refractivity contribution in [3.8, 4) is 0 Å². The lowest BCUT2D eigenvalue weighted by Crippen LogP contribution is -2.36. The van der Waals surface area contributed by atoms with E-state index in [4.69, 9.17) is 23.2 Å². The van der Waals surface area contributed by atoms with E-state index >= 15 is 0 Å². The van der Waals surface area contributed by atoms with Crippen LogP contribution >= 0.6 is 23.2 Å². The summed E-state index contributed by atoms with van der Waals surface area (Å²) in [5.41, 5.74) is 0.842. The lowest BCUT2D eigenvalue weighted by Gasteiger charge is -2.25. The highest BCUT2D eigenvalue weighted by molar-refractivity contribution is 6.70. The fourth-order valence-electron chi connectivity index (χ4n) is 1.80. The molecule has 0 fully saturated rings. The van der Waals surface area contributed by atoms with Crippen LogP contribution in [0.2, 0.25) is 5.02 Å². The van der Waals surface area contributed by atoms with Crippen molar-refractivity contribution in [2.75, 3.05) is 24.5 Å². The molecule has 0 bridgehead atoms. The predicted molar refractivity (Wildman–Crippen MR) is 67.0 cm³/mol. The molecular formula is C11H9Cl2F3N2. The van der Waals surface area contributed by atoms with E-state index in [2.05, 4.69) is 4.99 Å². The standard InChI is InChI=1S/C11H9Cl2F3N2/c12-7-1-2-9-8(5-7)10(13)17-3-4-18(9)6-11(14,15)16/h1-2,5H,3-4,6H2. The maximum atomic E-state index is 12.5. The van der Waals surface area contributed by atoms with Crippen molar-refractivity contribution in [3.63, 3.8) is 0 Å². The van der Waals surface area contributed by atoms with Crippen molar-refractivity contribution in [1.82, 2.24) is 0 Å². The molecule has 0 saturated carbocycles. The molecule has 0 aromatic heterocycles. The third-order valence-electron chi connectivity index (χ3n) is 2.51. The van der Waals surface area contributed by atoms with Gasteiger partial charge in [0.2, 0.25) is 0 Å². The third-order valence-corrected chi connectivity index (χ3v) is 3.07. The molecule has 0 unspecified atom stereocenters. The van der Waals surface area contributed by atoms with Crippen molar-refractivity contribution in [1.29, 1.82) is 0 Å². The fraction of sp³-hybridized carbons (Fsp3) is 0.364. The summed E-state index contributed by atoms with van der Waals surface area (Å²) < 4.78 is 37.5. The Morgan fingerprint density at radius 2 is 2.00 bits per heavy atom. The zero-order valence-electron chi connectivity index (χ0n) is 9.14. The molecule has 98 valence electrons. The smallest absolute Gasteiger partial charge is 0.360 e. The van der Waals surface area contributed by atoms with Gasteiger partial charge in [-0.25, -0.2) is 0 Å². The molecule has 2 nitrogen and oxygen atoms in total. The molecule has 0 amide bonds. The van der Waals surface area contributed by atoms with E-state index in [1.807, 2.05) is 0 Å². The SMILES string of the molecule is FC(F)(F)CN1CCN=C(Cl)c2cc(Cl)ccc21. The number of hydrogen-bond donors (Lipinski definition) is 0. The van der Waals surface area contributed by atoms with Crippen LogP contribution in [-0.2, 0) is 0 Å². The quantitative estimate of drug-likeness (QED) is 0.771. The third kappa shape index (κ3) is 3.09. The summed E-state index contributed by atoms with van der Waals surface area (Å²) >= 11 is 11.8. The number of benzodiazepines with no additional fused rings is 1. The molecule has 1 aromatic rings. The largest absolute Gasteiger partial charge is 0.405 e. The summed E-state index contributed by atoms with van der Waals surface area (Å²) in [6.07, 6.45) is -4.27. The second-order valence-corrected chi connectivity index (χ2v) is 4.67. The zero-order valence-corrected chi connectivity index (χ0v) is 10.6. The first-order chi connectivity index (χ1) is 8.37. The van der Waals surface area contributed by atoms with Gasteiger partial charge in [-0.05, 0) is 18.2 Å². The minimum atomic E-state index is -4.27. The average Bonchev–Trinajstić information content (AvgIpc) is 2.38. The first kappa shape index (κ1) is 13.5. The van der Waals surface area contributed by atoms with Crippen LogP contribution in [0.15, 0.2) is 23.2 Å². The van der Waals surface area contributed by atoms with Crippen molar-refractivity contribution < 1.29 is 13.2 Å². The van der Waals surface area contributed by atoms with Crippen LogP contribution < -0.4 is 4.90 Å². The molecule has 0 radical (unpaired) electrons. The van der Waals surface area contributed by atoms with Crippen LogP contribution in [0.5, 0.6) is 0 Å². The first-order valence-electron chi connectivity index (χ1n) is 5.18. The highest BCUT2D eigenvalue weighted by atomic mass is 35.5. The van der Waals surface area contributed by atoms with E-state index in [0.717, 1.165) is 0 Å². The summed E-state index contributed by atoms with van der Waals surface area (Å²) in [4.78, 5) is 5.21. The Morgan fingerprint density at radius 3 is 2.67 bits per heavy atom. The Balaban J connectivity index is 2.41. The lowest BCUT2D eigenvalue weighted by molar-refractivity contribution is -0.119. The highest BCUT2D eigenvalue weighted by Crippen LogP contribution is 2.30. The maximum absolute atomic E-state index is 12.5. The zero-order chi connectivity index (χ0) is 13.3. The van der Waals surface area contributed by atoms with Gasteiger partial charge in [0.25, 0.3) is 0 Å². The topological polar surface area (TPSA) is 15.6 Å². The van der Waals surface area contributed by atoms with Crippen LogP contribution in [0.3, 0.4) is 0 Å². The summed E-state index contributed by atoms with van der Waals surface area (Å²) in [6, 6.07) is 4.60. The molecule has 0 saturated heterocycles. The number of benzene rings is 1. The van der Waals surface area contributed by atoms with E-state index in [1.165, 1.54) is 17.0 Å². The predicted octanol–water partition coefficient (Wildman–Crippen LogP) is 3.71. The number of rotatable bonds is 1. The van der Waals surface area contributed by atoms with Crippen LogP contribution in [0.25, 0.3) is 0 Å². The summed E-state index contributed by atoms with van der Waals surface area (Å²) in [5.74, 6) is 0. The summed E-state index contributed by atoms with van der Waals surface area (Å²) in [6.45, 7) is -0.632. The maximum Gasteiger partial charge on any atom is 0.405 e. The van der Waals surface area contributed by atoms with Gasteiger partial charge >= 0.3 is 6.18 Å². The fourth-order valence-corrected chi connectivity index (χ4v) is 2.21. The molecule has 0 spiro atoms. The van der Waals surface area contributed by atoms with Gasteiger partial charge in [0.05, 0.1) is 6.54 Å². The highest BCUT2D eigenvalue weighted by Gasteiger charge is 2.32. The number of hydrogen-bond acceptors (Lipinski definition) is 2. The monoisotopic (exact) mass is 296 g/mol. The summed E-state index contributed by atoms with van der Waals surface area (Å²) in [5, 5.41) is 0.605. The van der Waals surface area contributed by atoms with Crippen LogP contribution in [-0.4, -0.2) is 31.0 Å². The molecule has 1 aliphatic heterocycles. The van der Waals surface area contributed by atoms with Crippen molar-refractivity contribution in [3.05, 3.63) is 28.8 Å². The molecule has 1 heterocycles. The minimum absolute atomic E-state index is 0.171. The van der Waals surface area contributed by atoms with Crippen LogP contribution in [0, 0.1) is 0 Å². The molecule has 18 heavy (non-hydrogen) atoms. The van der Waals surface area contributed by atoms with Gasteiger partial charge in [-0.3, -0.25) is 4.99 Å². The van der Waals surface area contributed by atoms with Gasteiger partial charge in [-0.15, -0.1) is 0 Å². The van der Waals surface area contributed by atoms with Gasteiger partial charge in [-0.1, -0.05) is 23.2 Å². The molecule has 7 heteroatoms. The minimum Gasteiger partial charge on any atom is -0.360 e. The van der Waals surface area contributed by atoms with Gasteiger partial charge in [0.1, 0.15) is 11.7 Å². The van der Waals surface area contributed by atoms with Gasteiger partial charge < -0.3 is 4.90 Å². The van der Waals surface area contributed by atoms with E-state index < -0.39 is 12.7 Å². The molecule has 2 rings (SSSR count). The molecule has 0 N–H and O–H groups in total. The van der Waals surface area contributed by atoms with Gasteiger partial charge in [0, 0.05) is 22.8 Å². The average molecular weight is 297 g/mol. The van der Waals surface area contributed by atoms with Crippen molar-refractivity contribution >= 4 is 34.1 Å². The molecule has 1 aliphatic rings. The number of halogens is 5. The van der Waals surface area contributed by atoms with Gasteiger partial charge in [0.15, 0.2) is 0 Å². The number of fused-ring (bicyclic) bond motifs is 1. The number of aliphatic imine (C=N–C) groups is 1. The second-order valence-electron chi connectivity index (χ2n) is 3.87. The Labute approximate surface area is 112 Å². The number of nitrogens with zero attached hydrogens (tertiary/aromatic N) is 2. The Morgan fingerprint density at radius 1 is 1.28 bits per heavy atom. The van der Waals surface area contributed by atoms with E-state index in [-0.39, 0.29) is 18.3 Å². The Bertz CT molecular complexity index is 486. The van der Waals surface area contributed by atoms with E-state index in [1.54, 1.807) is 6.07 Å². The number of alkyl halides is 3. The molecular weight excluding hydrogens is 288 g/mol. The van der Waals surface area contributed by atoms with Crippen LogP contribution in [0.4, 0.5) is 18.9 Å². The van der Waals surface area contributed by atoms with Crippen molar-refractivity contribution in [2.45, 2.75) is 6.18 Å². The van der Waals surface area contributed by atoms with Gasteiger partial charge in [-0.2, -0.15) is 13.2 Å². The van der Waals surface area contributed by atoms with Crippen molar-refractivity contribution in [2.24, 2.45) is 4.99 Å². The van der Waals surface area contributed by atoms with Crippen LogP contribution in [0.1, 0.15) is 5.56 Å². The normalized spacial score (nSPS) is 16.1. The first-order valence-corrected chi connectivity index (χ1v) is 5.94. The summed E-state index contributed by atoms with van der Waals surface area (Å²) in [7, 11) is 0. The molecule has 1 aromatic carbocycles. The lowest BCUT2D eigenvalue weighted by atomic mass is 10.1. The Hall–Kier alpha value is -0.940. The molecule has 0 atom stereocenters. The second kappa shape index (κ2) is 4.97. The molecule has 0 aliphatic carbocycles. The number of anilines is 1. The Kier molecular flexibility index (Phi) is 3.73. The van der Waals surface area contributed by atoms with E-state index in [9.17, 15) is 13.2 Å². The van der Waals surface area contributed by atoms with E-state index in [0.29, 0.717) is 16.3 Å².